The van der Waals surface area contributed by atoms with Crippen molar-refractivity contribution in [2.45, 2.75) is 65.9 Å². The molecule has 0 aromatic heterocycles. The van der Waals surface area contributed by atoms with Crippen LogP contribution < -0.4 is 0 Å². The summed E-state index contributed by atoms with van der Waals surface area (Å²) >= 11 is 0. The lowest BCUT2D eigenvalue weighted by Gasteiger charge is -2.37. The Morgan fingerprint density at radius 2 is 2.00 bits per heavy atom. The van der Waals surface area contributed by atoms with E-state index in [4.69, 9.17) is 4.74 Å². The summed E-state index contributed by atoms with van der Waals surface area (Å²) in [7, 11) is 4.29. The third-order valence-corrected chi connectivity index (χ3v) is 5.07. The number of rotatable bonds is 8. The van der Waals surface area contributed by atoms with Crippen LogP contribution in [0.3, 0.4) is 0 Å². The zero-order chi connectivity index (χ0) is 18.1. The first-order valence-electron chi connectivity index (χ1n) is 9.50. The Morgan fingerprint density at radius 1 is 1.29 bits per heavy atom. The zero-order valence-electron chi connectivity index (χ0n) is 16.5. The van der Waals surface area contributed by atoms with Crippen LogP contribution in [0.5, 0.6) is 0 Å². The lowest BCUT2D eigenvalue weighted by molar-refractivity contribution is -0.145. The van der Waals surface area contributed by atoms with Gasteiger partial charge >= 0.3 is 5.97 Å². The van der Waals surface area contributed by atoms with Gasteiger partial charge in [0.2, 0.25) is 0 Å². The third-order valence-electron chi connectivity index (χ3n) is 5.07. The molecule has 3 heteroatoms. The van der Waals surface area contributed by atoms with Crippen LogP contribution >= 0.6 is 0 Å². The summed E-state index contributed by atoms with van der Waals surface area (Å²) in [5.41, 5.74) is 1.18. The lowest BCUT2D eigenvalue weighted by Crippen LogP contribution is -2.34. The molecule has 0 N–H and O–H groups in total. The van der Waals surface area contributed by atoms with E-state index in [-0.39, 0.29) is 12.1 Å². The molecule has 0 bridgehead atoms. The van der Waals surface area contributed by atoms with Crippen molar-refractivity contribution in [1.29, 1.82) is 0 Å². The summed E-state index contributed by atoms with van der Waals surface area (Å²) in [6.07, 6.45) is 11.0. The Kier molecular flexibility index (Phi) is 9.35. The predicted octanol–water partition coefficient (Wildman–Crippen LogP) is 4.83. The number of esters is 1. The Balaban J connectivity index is 2.57. The Bertz CT molecular complexity index is 435. The number of carbonyl (C=O) groups excluding carboxylic acids is 1. The van der Waals surface area contributed by atoms with Crippen molar-refractivity contribution < 1.29 is 9.53 Å². The zero-order valence-corrected chi connectivity index (χ0v) is 16.5. The molecule has 1 aliphatic rings. The van der Waals surface area contributed by atoms with Crippen molar-refractivity contribution >= 4 is 5.97 Å². The molecular formula is C21H37NO2. The van der Waals surface area contributed by atoms with Gasteiger partial charge < -0.3 is 9.64 Å². The molecule has 1 rings (SSSR count). The molecule has 0 aromatic carbocycles. The van der Waals surface area contributed by atoms with Gasteiger partial charge in [0, 0.05) is 12.6 Å². The summed E-state index contributed by atoms with van der Waals surface area (Å²) < 4.78 is 5.69. The molecule has 1 aliphatic carbocycles. The summed E-state index contributed by atoms with van der Waals surface area (Å²) in [5, 5.41) is 0. The first-order valence-corrected chi connectivity index (χ1v) is 9.50. The fourth-order valence-corrected chi connectivity index (χ4v) is 4.11. The second-order valence-corrected chi connectivity index (χ2v) is 7.90. The Labute approximate surface area is 149 Å². The van der Waals surface area contributed by atoms with Gasteiger partial charge in [-0.1, -0.05) is 38.0 Å². The molecule has 24 heavy (non-hydrogen) atoms. The van der Waals surface area contributed by atoms with Gasteiger partial charge in [-0.05, 0) is 71.4 Å². The van der Waals surface area contributed by atoms with E-state index in [2.05, 4.69) is 32.8 Å². The van der Waals surface area contributed by atoms with Crippen molar-refractivity contribution in [2.75, 3.05) is 20.6 Å². The molecule has 138 valence electrons. The van der Waals surface area contributed by atoms with E-state index in [9.17, 15) is 4.79 Å². The number of hydrogen-bond acceptors (Lipinski definition) is 3. The molecule has 0 spiro atoms. The molecular weight excluding hydrogens is 298 g/mol. The molecule has 0 heterocycles. The van der Waals surface area contributed by atoms with E-state index in [1.54, 1.807) is 12.2 Å². The molecule has 0 aromatic rings. The average molecular weight is 336 g/mol. The van der Waals surface area contributed by atoms with Crippen LogP contribution in [0.25, 0.3) is 0 Å². The Hall–Kier alpha value is -1.09. The van der Waals surface area contributed by atoms with Gasteiger partial charge in [-0.25, -0.2) is 4.79 Å². The largest absolute Gasteiger partial charge is 0.459 e. The first-order chi connectivity index (χ1) is 11.3. The topological polar surface area (TPSA) is 29.5 Å². The maximum atomic E-state index is 12.0. The maximum absolute atomic E-state index is 12.0. The van der Waals surface area contributed by atoms with Crippen LogP contribution in [0.1, 0.15) is 59.8 Å². The van der Waals surface area contributed by atoms with Crippen molar-refractivity contribution in [1.82, 2.24) is 4.90 Å². The van der Waals surface area contributed by atoms with Crippen LogP contribution in [-0.4, -0.2) is 37.6 Å². The van der Waals surface area contributed by atoms with Crippen LogP contribution in [0.4, 0.5) is 0 Å². The van der Waals surface area contributed by atoms with Gasteiger partial charge in [-0.2, -0.15) is 0 Å². The maximum Gasteiger partial charge on any atom is 0.331 e. The second kappa shape index (κ2) is 10.7. The second-order valence-electron chi connectivity index (χ2n) is 7.90. The molecule has 1 saturated carbocycles. The van der Waals surface area contributed by atoms with Crippen LogP contribution in [0.15, 0.2) is 23.8 Å². The molecule has 1 fully saturated rings. The van der Waals surface area contributed by atoms with E-state index in [0.717, 1.165) is 25.3 Å². The summed E-state index contributed by atoms with van der Waals surface area (Å²) in [5.74, 6) is 1.88. The monoisotopic (exact) mass is 335 g/mol. The molecule has 0 radical (unpaired) electrons. The Morgan fingerprint density at radius 3 is 2.58 bits per heavy atom. The third kappa shape index (κ3) is 7.65. The van der Waals surface area contributed by atoms with Crippen LogP contribution in [0.2, 0.25) is 0 Å². The lowest BCUT2D eigenvalue weighted by atomic mass is 9.72. The molecule has 2 unspecified atom stereocenters. The van der Waals surface area contributed by atoms with Gasteiger partial charge in [0.05, 0.1) is 0 Å². The van der Waals surface area contributed by atoms with E-state index in [1.165, 1.54) is 24.8 Å². The fourth-order valence-electron chi connectivity index (χ4n) is 4.11. The van der Waals surface area contributed by atoms with E-state index < -0.39 is 0 Å². The highest BCUT2D eigenvalue weighted by Crippen LogP contribution is 2.37. The number of hydrogen-bond donors (Lipinski definition) is 0. The molecule has 3 nitrogen and oxygen atoms in total. The number of ether oxygens (including phenoxy) is 1. The minimum absolute atomic E-state index is 0.0909. The van der Waals surface area contributed by atoms with Gasteiger partial charge in [0.15, 0.2) is 0 Å². The van der Waals surface area contributed by atoms with Gasteiger partial charge in [0.25, 0.3) is 0 Å². The molecule has 0 amide bonds. The quantitative estimate of drug-likeness (QED) is 0.361. The van der Waals surface area contributed by atoms with Gasteiger partial charge in [0.1, 0.15) is 6.10 Å². The first kappa shape index (κ1) is 21.0. The summed E-state index contributed by atoms with van der Waals surface area (Å²) in [6.45, 7) is 9.83. The number of nitrogens with zero attached hydrogens (tertiary/aromatic N) is 1. The molecule has 0 saturated heterocycles. The average Bonchev–Trinajstić information content (AvgIpc) is 2.47. The number of allylic oxidation sites excluding steroid dienone is 3. The SMILES string of the molecule is CC[C@H](C1CCCC(OC(=O)/C=C/C=C(C)C)C1)[C@H](C)CN(C)C. The highest BCUT2D eigenvalue weighted by atomic mass is 16.5. The van der Waals surface area contributed by atoms with Crippen LogP contribution in [0, 0.1) is 17.8 Å². The normalized spacial score (nSPS) is 24.0. The van der Waals surface area contributed by atoms with Crippen LogP contribution in [-0.2, 0) is 9.53 Å². The fraction of sp³-hybridized carbons (Fsp3) is 0.762. The molecule has 0 aliphatic heterocycles. The van der Waals surface area contributed by atoms with Gasteiger partial charge in [-0.15, -0.1) is 0 Å². The minimum atomic E-state index is -0.201. The molecule has 4 atom stereocenters. The van der Waals surface area contributed by atoms with Crippen molar-refractivity contribution in [3.8, 4) is 0 Å². The van der Waals surface area contributed by atoms with Crippen molar-refractivity contribution in [3.63, 3.8) is 0 Å². The van der Waals surface area contributed by atoms with Crippen molar-refractivity contribution in [3.05, 3.63) is 23.8 Å². The number of carbonyl (C=O) groups is 1. The summed E-state index contributed by atoms with van der Waals surface area (Å²) in [6, 6.07) is 0. The van der Waals surface area contributed by atoms with Crippen molar-refractivity contribution in [2.24, 2.45) is 17.8 Å². The standard InChI is InChI=1S/C21H37NO2/c1-7-20(17(4)15-22(5)6)18-11-9-12-19(14-18)24-21(23)13-8-10-16(2)3/h8,10,13,17-20H,7,9,11-12,14-15H2,1-6H3/b13-8+/t17-,18?,19?,20+/m1/s1. The smallest absolute Gasteiger partial charge is 0.331 e. The highest BCUT2D eigenvalue weighted by molar-refractivity contribution is 5.82. The van der Waals surface area contributed by atoms with Gasteiger partial charge in [-0.3, -0.25) is 0 Å². The highest BCUT2D eigenvalue weighted by Gasteiger charge is 2.32. The van der Waals surface area contributed by atoms with E-state index in [0.29, 0.717) is 11.8 Å². The summed E-state index contributed by atoms with van der Waals surface area (Å²) in [4.78, 5) is 14.3. The van der Waals surface area contributed by atoms with E-state index in [1.807, 2.05) is 19.9 Å². The van der Waals surface area contributed by atoms with E-state index >= 15 is 0 Å². The predicted molar refractivity (Wildman–Crippen MR) is 102 cm³/mol. The minimum Gasteiger partial charge on any atom is -0.459 e.